The zero-order valence-electron chi connectivity index (χ0n) is 6.92. The zero-order chi connectivity index (χ0) is 10.7. The summed E-state index contributed by atoms with van der Waals surface area (Å²) < 4.78 is 49.0. The van der Waals surface area contributed by atoms with Crippen molar-refractivity contribution in [2.75, 3.05) is 0 Å². The topological polar surface area (TPSA) is 17.1 Å². The lowest BCUT2D eigenvalue weighted by molar-refractivity contribution is -0.223. The van der Waals surface area contributed by atoms with Crippen molar-refractivity contribution < 1.29 is 22.4 Å². The van der Waals surface area contributed by atoms with E-state index < -0.39 is 23.5 Å². The Balaban J connectivity index is 4.64. The molecule has 0 bridgehead atoms. The maximum atomic E-state index is 13.0. The second-order valence-electron chi connectivity index (χ2n) is 2.68. The van der Waals surface area contributed by atoms with Gasteiger partial charge in [0.05, 0.1) is 0 Å². The largest absolute Gasteiger partial charge is 0.431 e. The van der Waals surface area contributed by atoms with Crippen LogP contribution in [-0.4, -0.2) is 17.1 Å². The molecule has 1 nitrogen and oxygen atoms in total. The molecule has 0 heterocycles. The van der Waals surface area contributed by atoms with E-state index in [0.717, 1.165) is 0 Å². The molecule has 0 rings (SSSR count). The second-order valence-corrected chi connectivity index (χ2v) is 3.02. The van der Waals surface area contributed by atoms with E-state index in [1.165, 1.54) is 0 Å². The molecule has 0 aliphatic heterocycles. The predicted molar refractivity (Wildman–Crippen MR) is 40.3 cm³/mol. The second kappa shape index (κ2) is 4.26. The normalized spacial score (nSPS) is 16.8. The van der Waals surface area contributed by atoms with Gasteiger partial charge in [-0.25, -0.2) is 4.39 Å². The first-order chi connectivity index (χ1) is 5.75. The van der Waals surface area contributed by atoms with Crippen LogP contribution in [0.15, 0.2) is 0 Å². The van der Waals surface area contributed by atoms with Crippen LogP contribution in [0.4, 0.5) is 17.6 Å². The molecular weight excluding hydrogens is 212 g/mol. The smallest absolute Gasteiger partial charge is 0.277 e. The number of unbranched alkanes of at least 4 members (excludes halogenated alkanes) is 1. The third-order valence-electron chi connectivity index (χ3n) is 1.64. The molecule has 0 aliphatic rings. The van der Waals surface area contributed by atoms with E-state index in [4.69, 9.17) is 0 Å². The van der Waals surface area contributed by atoms with Gasteiger partial charge in [-0.3, -0.25) is 4.79 Å². The first kappa shape index (κ1) is 12.7. The molecule has 13 heavy (non-hydrogen) atoms. The van der Waals surface area contributed by atoms with Crippen molar-refractivity contribution in [2.24, 2.45) is 0 Å². The van der Waals surface area contributed by atoms with Crippen LogP contribution in [-0.2, 0) is 4.79 Å². The lowest BCUT2D eigenvalue weighted by Crippen LogP contribution is -2.46. The van der Waals surface area contributed by atoms with Crippen molar-refractivity contribution in [2.45, 2.75) is 38.0 Å². The maximum absolute atomic E-state index is 13.0. The Morgan fingerprint density at radius 2 is 1.77 bits per heavy atom. The van der Waals surface area contributed by atoms with E-state index in [2.05, 4.69) is 11.6 Å². The number of hydrogen-bond donors (Lipinski definition) is 0. The van der Waals surface area contributed by atoms with Crippen LogP contribution < -0.4 is 0 Å². The molecular formula is C7H9ClF4O. The molecule has 0 saturated heterocycles. The molecule has 0 fully saturated rings. The Labute approximate surface area is 78.1 Å². The minimum absolute atomic E-state index is 0.0333. The van der Waals surface area contributed by atoms with E-state index in [1.807, 2.05) is 0 Å². The Hall–Kier alpha value is -0.320. The van der Waals surface area contributed by atoms with Crippen LogP contribution in [0.2, 0.25) is 0 Å². The third-order valence-corrected chi connectivity index (χ3v) is 1.94. The Morgan fingerprint density at radius 1 is 1.31 bits per heavy atom. The number of carbonyl (C=O) groups is 1. The lowest BCUT2D eigenvalue weighted by Gasteiger charge is -2.23. The molecule has 0 saturated carbocycles. The molecule has 0 radical (unpaired) electrons. The molecule has 1 atom stereocenters. The van der Waals surface area contributed by atoms with Crippen LogP contribution >= 0.6 is 11.6 Å². The van der Waals surface area contributed by atoms with E-state index in [9.17, 15) is 22.4 Å². The van der Waals surface area contributed by atoms with E-state index in [1.54, 1.807) is 6.92 Å². The number of rotatable bonds is 4. The Bertz CT molecular complexity index is 191. The van der Waals surface area contributed by atoms with Crippen molar-refractivity contribution in [1.29, 1.82) is 0 Å². The van der Waals surface area contributed by atoms with Crippen LogP contribution in [0.1, 0.15) is 26.2 Å². The third kappa shape index (κ3) is 2.83. The molecule has 0 N–H and O–H groups in total. The zero-order valence-corrected chi connectivity index (χ0v) is 7.68. The first-order valence-electron chi connectivity index (χ1n) is 3.71. The van der Waals surface area contributed by atoms with E-state index in [-0.39, 0.29) is 6.42 Å². The van der Waals surface area contributed by atoms with Gasteiger partial charge in [0.25, 0.3) is 10.9 Å². The Kier molecular flexibility index (Phi) is 4.16. The van der Waals surface area contributed by atoms with Crippen LogP contribution in [0, 0.1) is 0 Å². The van der Waals surface area contributed by atoms with E-state index >= 15 is 0 Å². The number of halogens is 5. The molecule has 0 spiro atoms. The molecule has 0 amide bonds. The van der Waals surface area contributed by atoms with Crippen molar-refractivity contribution in [1.82, 2.24) is 0 Å². The summed E-state index contributed by atoms with van der Waals surface area (Å²) in [5.41, 5.74) is -3.88. The highest BCUT2D eigenvalue weighted by Gasteiger charge is 2.60. The molecule has 0 unspecified atom stereocenters. The van der Waals surface area contributed by atoms with Gasteiger partial charge in [-0.05, 0) is 24.4 Å². The summed E-state index contributed by atoms with van der Waals surface area (Å²) in [5.74, 6) is 0. The highest BCUT2D eigenvalue weighted by molar-refractivity contribution is 6.65. The van der Waals surface area contributed by atoms with Crippen LogP contribution in [0.3, 0.4) is 0 Å². The van der Waals surface area contributed by atoms with Gasteiger partial charge < -0.3 is 0 Å². The van der Waals surface area contributed by atoms with Gasteiger partial charge in [0.2, 0.25) is 0 Å². The first-order valence-corrected chi connectivity index (χ1v) is 4.09. The summed E-state index contributed by atoms with van der Waals surface area (Å²) in [7, 11) is 0. The van der Waals surface area contributed by atoms with Crippen molar-refractivity contribution >= 4 is 16.8 Å². The summed E-state index contributed by atoms with van der Waals surface area (Å²) >= 11 is 4.57. The van der Waals surface area contributed by atoms with Gasteiger partial charge in [-0.15, -0.1) is 0 Å². The SMILES string of the molecule is CCCC[C@](F)(C(=O)Cl)C(F)(F)F. The lowest BCUT2D eigenvalue weighted by atomic mass is 10.00. The molecule has 0 aromatic heterocycles. The highest BCUT2D eigenvalue weighted by atomic mass is 35.5. The standard InChI is InChI=1S/C7H9ClF4O/c1-2-3-4-6(9,5(8)13)7(10,11)12/h2-4H2,1H3/t6-/m0/s1. The maximum Gasteiger partial charge on any atom is 0.431 e. The number of alkyl halides is 4. The minimum atomic E-state index is -5.22. The molecule has 0 aromatic carbocycles. The van der Waals surface area contributed by atoms with E-state index in [0.29, 0.717) is 6.42 Å². The summed E-state index contributed by atoms with van der Waals surface area (Å²) in [5, 5.41) is -1.99. The fraction of sp³-hybridized carbons (Fsp3) is 0.857. The van der Waals surface area contributed by atoms with Gasteiger partial charge in [-0.1, -0.05) is 13.3 Å². The van der Waals surface area contributed by atoms with Gasteiger partial charge in [0.1, 0.15) is 0 Å². The van der Waals surface area contributed by atoms with Gasteiger partial charge in [0, 0.05) is 0 Å². The van der Waals surface area contributed by atoms with Crippen molar-refractivity contribution in [3.63, 3.8) is 0 Å². The fourth-order valence-electron chi connectivity index (χ4n) is 0.772. The summed E-state index contributed by atoms with van der Waals surface area (Å²) in [6, 6.07) is 0. The van der Waals surface area contributed by atoms with Crippen molar-refractivity contribution in [3.05, 3.63) is 0 Å². The summed E-state index contributed by atoms with van der Waals surface area (Å²) in [6.45, 7) is 1.59. The summed E-state index contributed by atoms with van der Waals surface area (Å²) in [6.07, 6.45) is -5.79. The van der Waals surface area contributed by atoms with Gasteiger partial charge >= 0.3 is 6.18 Å². The summed E-state index contributed by atoms with van der Waals surface area (Å²) in [4.78, 5) is 10.3. The van der Waals surface area contributed by atoms with Crippen LogP contribution in [0.25, 0.3) is 0 Å². The molecule has 0 aromatic rings. The molecule has 6 heteroatoms. The average molecular weight is 221 g/mol. The van der Waals surface area contributed by atoms with Crippen LogP contribution in [0.5, 0.6) is 0 Å². The minimum Gasteiger partial charge on any atom is -0.277 e. The Morgan fingerprint density at radius 3 is 2.00 bits per heavy atom. The number of hydrogen-bond acceptors (Lipinski definition) is 1. The number of carbonyl (C=O) groups excluding carboxylic acids is 1. The van der Waals surface area contributed by atoms with Gasteiger partial charge in [0.15, 0.2) is 0 Å². The predicted octanol–water partition coefficient (Wildman–Crippen LogP) is 3.21. The van der Waals surface area contributed by atoms with Gasteiger partial charge in [-0.2, -0.15) is 13.2 Å². The monoisotopic (exact) mass is 220 g/mol. The van der Waals surface area contributed by atoms with Crippen molar-refractivity contribution in [3.8, 4) is 0 Å². The molecule has 0 aliphatic carbocycles. The fourth-order valence-corrected chi connectivity index (χ4v) is 0.973. The molecule has 78 valence electrons. The average Bonchev–Trinajstić information content (AvgIpc) is 1.97. The highest BCUT2D eigenvalue weighted by Crippen LogP contribution is 2.39. The quantitative estimate of drug-likeness (QED) is 0.525.